The molecule has 1 aromatic carbocycles. The van der Waals surface area contributed by atoms with Crippen LogP contribution in [0.15, 0.2) is 18.2 Å². The maximum atomic E-state index is 5.54. The lowest BCUT2D eigenvalue weighted by Gasteiger charge is -2.13. The summed E-state index contributed by atoms with van der Waals surface area (Å²) >= 11 is 0. The number of hydrogen-bond donors (Lipinski definition) is 1. The Morgan fingerprint density at radius 2 is 2.00 bits per heavy atom. The van der Waals surface area contributed by atoms with Crippen molar-refractivity contribution in [2.45, 2.75) is 19.4 Å². The topological polar surface area (TPSA) is 38.5 Å². The van der Waals surface area contributed by atoms with E-state index in [1.807, 2.05) is 6.07 Å². The van der Waals surface area contributed by atoms with Gasteiger partial charge in [0.05, 0.1) is 7.11 Å². The molecule has 0 radical (unpaired) electrons. The number of methoxy groups -OCH3 is 1. The number of benzene rings is 1. The fourth-order valence-corrected chi connectivity index (χ4v) is 1.78. The van der Waals surface area contributed by atoms with E-state index in [4.69, 9.17) is 10.5 Å². The van der Waals surface area contributed by atoms with Crippen LogP contribution in [0.25, 0.3) is 0 Å². The molecule has 0 aliphatic carbocycles. The van der Waals surface area contributed by atoms with Crippen molar-refractivity contribution in [1.29, 1.82) is 0 Å². The molecule has 0 atom stereocenters. The van der Waals surface area contributed by atoms with Crippen molar-refractivity contribution in [2.24, 2.45) is 5.73 Å². The minimum atomic E-state index is 0. The Bertz CT molecular complexity index is 329. The van der Waals surface area contributed by atoms with E-state index < -0.39 is 0 Å². The molecule has 17 heavy (non-hydrogen) atoms. The Morgan fingerprint density at radius 1 is 1.29 bits per heavy atom. The molecule has 4 heteroatoms. The van der Waals surface area contributed by atoms with E-state index >= 15 is 0 Å². The Hall–Kier alpha value is -0.770. The number of hydrogen-bond acceptors (Lipinski definition) is 3. The van der Waals surface area contributed by atoms with Gasteiger partial charge in [0.15, 0.2) is 0 Å². The van der Waals surface area contributed by atoms with E-state index in [2.05, 4.69) is 31.1 Å². The van der Waals surface area contributed by atoms with Crippen molar-refractivity contribution in [3.8, 4) is 5.75 Å². The van der Waals surface area contributed by atoms with Gasteiger partial charge in [-0.25, -0.2) is 0 Å². The zero-order chi connectivity index (χ0) is 12.0. The van der Waals surface area contributed by atoms with Crippen LogP contribution in [0, 0.1) is 0 Å². The molecule has 0 aliphatic rings. The minimum Gasteiger partial charge on any atom is -0.496 e. The van der Waals surface area contributed by atoms with Crippen LogP contribution in [0.1, 0.15) is 17.5 Å². The molecule has 3 nitrogen and oxygen atoms in total. The maximum absolute atomic E-state index is 5.54. The van der Waals surface area contributed by atoms with Crippen LogP contribution in [0.5, 0.6) is 5.75 Å². The first kappa shape index (κ1) is 16.2. The highest BCUT2D eigenvalue weighted by Gasteiger charge is 2.04. The summed E-state index contributed by atoms with van der Waals surface area (Å²) in [6.45, 7) is 1.68. The Labute approximate surface area is 110 Å². The molecule has 1 rings (SSSR count). The summed E-state index contributed by atoms with van der Waals surface area (Å²) < 4.78 is 5.35. The first-order chi connectivity index (χ1) is 7.67. The van der Waals surface area contributed by atoms with Crippen LogP contribution in [-0.4, -0.2) is 32.6 Å². The average Bonchev–Trinajstić information content (AvgIpc) is 2.25. The molecule has 0 amide bonds. The first-order valence-electron chi connectivity index (χ1n) is 5.68. The van der Waals surface area contributed by atoms with Crippen molar-refractivity contribution >= 4 is 12.4 Å². The van der Waals surface area contributed by atoms with E-state index in [1.165, 1.54) is 11.1 Å². The molecule has 0 heterocycles. The molecule has 0 fully saturated rings. The molecular weight excluding hydrogens is 236 g/mol. The molecule has 0 saturated heterocycles. The van der Waals surface area contributed by atoms with Crippen molar-refractivity contribution < 1.29 is 4.74 Å². The molecular formula is C13H23ClN2O. The second kappa shape index (κ2) is 8.34. The maximum Gasteiger partial charge on any atom is 0.122 e. The van der Waals surface area contributed by atoms with Crippen molar-refractivity contribution in [3.05, 3.63) is 29.3 Å². The average molecular weight is 259 g/mol. The van der Waals surface area contributed by atoms with Crippen LogP contribution in [0.2, 0.25) is 0 Å². The van der Waals surface area contributed by atoms with Gasteiger partial charge in [-0.05, 0) is 50.7 Å². The lowest BCUT2D eigenvalue weighted by molar-refractivity contribution is 0.397. The van der Waals surface area contributed by atoms with Crippen molar-refractivity contribution in [1.82, 2.24) is 4.90 Å². The minimum absolute atomic E-state index is 0. The van der Waals surface area contributed by atoms with Gasteiger partial charge in [-0.2, -0.15) is 0 Å². The summed E-state index contributed by atoms with van der Waals surface area (Å²) in [5.41, 5.74) is 8.11. The van der Waals surface area contributed by atoms with Crippen LogP contribution in [-0.2, 0) is 13.0 Å². The predicted octanol–water partition coefficient (Wildman–Crippen LogP) is 2.07. The molecule has 98 valence electrons. The third kappa shape index (κ3) is 5.39. The van der Waals surface area contributed by atoms with Gasteiger partial charge in [0.25, 0.3) is 0 Å². The number of halogens is 1. The third-order valence-corrected chi connectivity index (χ3v) is 2.49. The number of rotatable bonds is 6. The van der Waals surface area contributed by atoms with Gasteiger partial charge in [0, 0.05) is 6.54 Å². The Balaban J connectivity index is 0.00000256. The van der Waals surface area contributed by atoms with Gasteiger partial charge in [-0.1, -0.05) is 12.1 Å². The zero-order valence-electron chi connectivity index (χ0n) is 10.9. The normalized spacial score (nSPS) is 10.2. The fourth-order valence-electron chi connectivity index (χ4n) is 1.78. The molecule has 0 saturated carbocycles. The monoisotopic (exact) mass is 258 g/mol. The van der Waals surface area contributed by atoms with Crippen LogP contribution in [0.3, 0.4) is 0 Å². The number of nitrogens with two attached hydrogens (primary N) is 1. The molecule has 0 bridgehead atoms. The van der Waals surface area contributed by atoms with Crippen LogP contribution < -0.4 is 10.5 Å². The Kier molecular flexibility index (Phi) is 7.96. The highest BCUT2D eigenvalue weighted by molar-refractivity contribution is 5.85. The van der Waals surface area contributed by atoms with E-state index in [-0.39, 0.29) is 12.4 Å². The zero-order valence-corrected chi connectivity index (χ0v) is 11.7. The lowest BCUT2D eigenvalue weighted by atomic mass is 10.0. The van der Waals surface area contributed by atoms with Crippen LogP contribution >= 0.6 is 12.4 Å². The van der Waals surface area contributed by atoms with Gasteiger partial charge in [0.2, 0.25) is 0 Å². The van der Waals surface area contributed by atoms with Crippen molar-refractivity contribution in [3.63, 3.8) is 0 Å². The van der Waals surface area contributed by atoms with E-state index in [0.717, 1.165) is 31.7 Å². The predicted molar refractivity (Wildman–Crippen MR) is 75.0 cm³/mol. The first-order valence-corrected chi connectivity index (χ1v) is 5.68. The molecule has 2 N–H and O–H groups in total. The van der Waals surface area contributed by atoms with Crippen molar-refractivity contribution in [2.75, 3.05) is 27.7 Å². The highest BCUT2D eigenvalue weighted by Crippen LogP contribution is 2.21. The second-order valence-electron chi connectivity index (χ2n) is 4.28. The summed E-state index contributed by atoms with van der Waals surface area (Å²) in [5, 5.41) is 0. The van der Waals surface area contributed by atoms with E-state index in [9.17, 15) is 0 Å². The quantitative estimate of drug-likeness (QED) is 0.849. The number of nitrogens with zero attached hydrogens (tertiary/aromatic N) is 1. The SMILES string of the molecule is COc1ccc(CN(C)C)cc1CCCN.Cl. The summed E-state index contributed by atoms with van der Waals surface area (Å²) in [6.07, 6.45) is 1.99. The highest BCUT2D eigenvalue weighted by atomic mass is 35.5. The van der Waals surface area contributed by atoms with Gasteiger partial charge in [-0.3, -0.25) is 0 Å². The number of aryl methyl sites for hydroxylation is 1. The lowest BCUT2D eigenvalue weighted by Crippen LogP contribution is -2.11. The van der Waals surface area contributed by atoms with E-state index in [0.29, 0.717) is 0 Å². The van der Waals surface area contributed by atoms with Gasteiger partial charge in [-0.15, -0.1) is 12.4 Å². The Morgan fingerprint density at radius 3 is 2.53 bits per heavy atom. The van der Waals surface area contributed by atoms with Gasteiger partial charge >= 0.3 is 0 Å². The smallest absolute Gasteiger partial charge is 0.122 e. The van der Waals surface area contributed by atoms with E-state index in [1.54, 1.807) is 7.11 Å². The summed E-state index contributed by atoms with van der Waals surface area (Å²) in [5.74, 6) is 0.968. The number of ether oxygens (including phenoxy) is 1. The molecule has 0 aromatic heterocycles. The summed E-state index contributed by atoms with van der Waals surface area (Å²) in [4.78, 5) is 2.16. The standard InChI is InChI=1S/C13H22N2O.ClH/c1-15(2)10-11-6-7-13(16-3)12(9-11)5-4-8-14;/h6-7,9H,4-5,8,10,14H2,1-3H3;1H. The van der Waals surface area contributed by atoms with Gasteiger partial charge < -0.3 is 15.4 Å². The molecule has 0 spiro atoms. The summed E-state index contributed by atoms with van der Waals surface area (Å²) in [7, 11) is 5.86. The second-order valence-corrected chi connectivity index (χ2v) is 4.28. The summed E-state index contributed by atoms with van der Waals surface area (Å²) in [6, 6.07) is 6.38. The molecule has 1 aromatic rings. The fraction of sp³-hybridized carbons (Fsp3) is 0.538. The molecule has 0 aliphatic heterocycles. The largest absolute Gasteiger partial charge is 0.496 e. The van der Waals surface area contributed by atoms with Crippen LogP contribution in [0.4, 0.5) is 0 Å². The van der Waals surface area contributed by atoms with Gasteiger partial charge in [0.1, 0.15) is 5.75 Å². The third-order valence-electron chi connectivity index (χ3n) is 2.49. The molecule has 0 unspecified atom stereocenters.